The highest BCUT2D eigenvalue weighted by atomic mass is 32.1. The molecule has 1 N–H and O–H groups in total. The summed E-state index contributed by atoms with van der Waals surface area (Å²) >= 11 is 1.56. The summed E-state index contributed by atoms with van der Waals surface area (Å²) in [6.45, 7) is 7.94. The van der Waals surface area contributed by atoms with Gasteiger partial charge in [-0.3, -0.25) is 4.79 Å². The van der Waals surface area contributed by atoms with Gasteiger partial charge >= 0.3 is 0 Å². The molecule has 0 unspecified atom stereocenters. The van der Waals surface area contributed by atoms with Crippen molar-refractivity contribution in [2.45, 2.75) is 39.2 Å². The van der Waals surface area contributed by atoms with E-state index in [0.717, 1.165) is 41.5 Å². The third-order valence-electron chi connectivity index (χ3n) is 3.15. The standard InChI is InChI=1S/C13H21N3OS/c1-13(2,3)16-8-6-9-11(12(16)17)18-10(15-9)5-7-14-4/h14H,5-8H2,1-4H3. The Balaban J connectivity index is 2.22. The summed E-state index contributed by atoms with van der Waals surface area (Å²) in [5, 5.41) is 4.18. The molecule has 5 heteroatoms. The van der Waals surface area contributed by atoms with E-state index in [0.29, 0.717) is 0 Å². The third kappa shape index (κ3) is 2.57. The predicted octanol–water partition coefficient (Wildman–Crippen LogP) is 1.70. The van der Waals surface area contributed by atoms with Crippen LogP contribution in [0.15, 0.2) is 0 Å². The van der Waals surface area contributed by atoms with Crippen LogP contribution in [0.3, 0.4) is 0 Å². The van der Waals surface area contributed by atoms with Gasteiger partial charge in [-0.25, -0.2) is 4.98 Å². The lowest BCUT2D eigenvalue weighted by Crippen LogP contribution is -2.48. The van der Waals surface area contributed by atoms with Crippen LogP contribution in [0.5, 0.6) is 0 Å². The Morgan fingerprint density at radius 3 is 2.78 bits per heavy atom. The van der Waals surface area contributed by atoms with Crippen LogP contribution in [0, 0.1) is 0 Å². The zero-order valence-corrected chi connectivity index (χ0v) is 12.4. The number of nitrogens with one attached hydrogen (secondary N) is 1. The molecule has 1 aromatic heterocycles. The molecule has 0 radical (unpaired) electrons. The first-order valence-corrected chi connectivity index (χ1v) is 7.20. The summed E-state index contributed by atoms with van der Waals surface area (Å²) in [5.74, 6) is 0.150. The molecule has 0 saturated heterocycles. The van der Waals surface area contributed by atoms with E-state index < -0.39 is 0 Å². The van der Waals surface area contributed by atoms with Gasteiger partial charge in [0.05, 0.1) is 10.7 Å². The number of hydrogen-bond donors (Lipinski definition) is 1. The van der Waals surface area contributed by atoms with Crippen molar-refractivity contribution in [3.8, 4) is 0 Å². The van der Waals surface area contributed by atoms with Gasteiger partial charge in [0.1, 0.15) is 4.88 Å². The Labute approximate surface area is 112 Å². The Morgan fingerprint density at radius 2 is 2.17 bits per heavy atom. The second-order valence-electron chi connectivity index (χ2n) is 5.61. The topological polar surface area (TPSA) is 45.2 Å². The fraction of sp³-hybridized carbons (Fsp3) is 0.692. The number of carbonyl (C=O) groups is 1. The molecule has 4 nitrogen and oxygen atoms in total. The van der Waals surface area contributed by atoms with Crippen LogP contribution >= 0.6 is 11.3 Å². The fourth-order valence-corrected chi connectivity index (χ4v) is 3.22. The third-order valence-corrected chi connectivity index (χ3v) is 4.30. The number of thiazole rings is 1. The molecule has 0 aromatic carbocycles. The van der Waals surface area contributed by atoms with E-state index in [1.807, 2.05) is 11.9 Å². The molecule has 1 aliphatic rings. The van der Waals surface area contributed by atoms with Crippen molar-refractivity contribution in [1.29, 1.82) is 0 Å². The van der Waals surface area contributed by atoms with Crippen LogP contribution in [-0.2, 0) is 12.8 Å². The van der Waals surface area contributed by atoms with E-state index in [1.165, 1.54) is 0 Å². The molecule has 1 amide bonds. The number of hydrogen-bond acceptors (Lipinski definition) is 4. The molecule has 0 saturated carbocycles. The van der Waals surface area contributed by atoms with Crippen molar-refractivity contribution >= 4 is 17.2 Å². The normalized spacial score (nSPS) is 16.0. The van der Waals surface area contributed by atoms with Crippen LogP contribution in [0.2, 0.25) is 0 Å². The molecule has 2 rings (SSSR count). The summed E-state index contributed by atoms with van der Waals surface area (Å²) in [6, 6.07) is 0. The first kappa shape index (κ1) is 13.5. The average molecular weight is 267 g/mol. The molecule has 0 fully saturated rings. The smallest absolute Gasteiger partial charge is 0.266 e. The van der Waals surface area contributed by atoms with E-state index in [4.69, 9.17) is 0 Å². The van der Waals surface area contributed by atoms with Gasteiger partial charge in [-0.05, 0) is 27.8 Å². The summed E-state index contributed by atoms with van der Waals surface area (Å²) in [4.78, 5) is 19.8. The number of amides is 1. The van der Waals surface area contributed by atoms with Gasteiger partial charge in [0.25, 0.3) is 5.91 Å². The minimum Gasteiger partial charge on any atom is -0.333 e. The Morgan fingerprint density at radius 1 is 1.44 bits per heavy atom. The first-order valence-electron chi connectivity index (χ1n) is 6.38. The minimum absolute atomic E-state index is 0.107. The molecule has 1 aromatic rings. The average Bonchev–Trinajstić information content (AvgIpc) is 2.69. The summed E-state index contributed by atoms with van der Waals surface area (Å²) in [5.41, 5.74) is 0.890. The number of nitrogens with zero attached hydrogens (tertiary/aromatic N) is 2. The van der Waals surface area contributed by atoms with Crippen molar-refractivity contribution in [2.24, 2.45) is 0 Å². The van der Waals surface area contributed by atoms with E-state index in [1.54, 1.807) is 11.3 Å². The monoisotopic (exact) mass is 267 g/mol. The first-order chi connectivity index (χ1) is 8.43. The maximum absolute atomic E-state index is 12.4. The quantitative estimate of drug-likeness (QED) is 0.906. The summed E-state index contributed by atoms with van der Waals surface area (Å²) in [6.07, 6.45) is 1.78. The van der Waals surface area contributed by atoms with Gasteiger partial charge in [0.15, 0.2) is 0 Å². The molecular formula is C13H21N3OS. The van der Waals surface area contributed by atoms with Gasteiger partial charge in [-0.1, -0.05) is 0 Å². The highest BCUT2D eigenvalue weighted by Crippen LogP contribution is 2.29. The van der Waals surface area contributed by atoms with Gasteiger partial charge in [-0.15, -0.1) is 11.3 Å². The number of likely N-dealkylation sites (N-methyl/N-ethyl adjacent to an activating group) is 1. The van der Waals surface area contributed by atoms with Crippen LogP contribution in [-0.4, -0.2) is 41.5 Å². The van der Waals surface area contributed by atoms with E-state index in [-0.39, 0.29) is 11.4 Å². The van der Waals surface area contributed by atoms with E-state index in [9.17, 15) is 4.79 Å². The Bertz CT molecular complexity index is 448. The maximum Gasteiger partial charge on any atom is 0.266 e. The molecule has 0 spiro atoms. The number of carbonyl (C=O) groups excluding carboxylic acids is 1. The zero-order chi connectivity index (χ0) is 13.3. The highest BCUT2D eigenvalue weighted by molar-refractivity contribution is 7.13. The van der Waals surface area contributed by atoms with Gasteiger partial charge in [0, 0.05) is 31.5 Å². The lowest BCUT2D eigenvalue weighted by molar-refractivity contribution is 0.0566. The summed E-state index contributed by atoms with van der Waals surface area (Å²) in [7, 11) is 1.93. The minimum atomic E-state index is -0.107. The number of aromatic nitrogens is 1. The fourth-order valence-electron chi connectivity index (χ4n) is 2.16. The van der Waals surface area contributed by atoms with Gasteiger partial charge < -0.3 is 10.2 Å². The van der Waals surface area contributed by atoms with Crippen LogP contribution < -0.4 is 5.32 Å². The molecule has 0 atom stereocenters. The SMILES string of the molecule is CNCCc1nc2c(s1)C(=O)N(C(C)(C)C)CC2. The molecule has 18 heavy (non-hydrogen) atoms. The number of fused-ring (bicyclic) bond motifs is 1. The second-order valence-corrected chi connectivity index (χ2v) is 6.70. The molecule has 0 bridgehead atoms. The Hall–Kier alpha value is -0.940. The van der Waals surface area contributed by atoms with Crippen LogP contribution in [0.4, 0.5) is 0 Å². The van der Waals surface area contributed by atoms with Crippen molar-refractivity contribution < 1.29 is 4.79 Å². The van der Waals surface area contributed by atoms with Crippen LogP contribution in [0.25, 0.3) is 0 Å². The lowest BCUT2D eigenvalue weighted by atomic mass is 10.0. The van der Waals surface area contributed by atoms with E-state index in [2.05, 4.69) is 31.1 Å². The Kier molecular flexibility index (Phi) is 3.73. The lowest BCUT2D eigenvalue weighted by Gasteiger charge is -2.37. The molecule has 1 aliphatic heterocycles. The molecule has 2 heterocycles. The van der Waals surface area contributed by atoms with Crippen molar-refractivity contribution in [3.05, 3.63) is 15.6 Å². The predicted molar refractivity (Wildman–Crippen MR) is 74.2 cm³/mol. The molecule has 0 aliphatic carbocycles. The van der Waals surface area contributed by atoms with Crippen molar-refractivity contribution in [2.75, 3.05) is 20.1 Å². The van der Waals surface area contributed by atoms with Crippen LogP contribution in [0.1, 0.15) is 41.1 Å². The highest BCUT2D eigenvalue weighted by Gasteiger charge is 2.34. The second kappa shape index (κ2) is 4.97. The van der Waals surface area contributed by atoms with Gasteiger partial charge in [-0.2, -0.15) is 0 Å². The molecular weight excluding hydrogens is 246 g/mol. The largest absolute Gasteiger partial charge is 0.333 e. The maximum atomic E-state index is 12.4. The van der Waals surface area contributed by atoms with Gasteiger partial charge in [0.2, 0.25) is 0 Å². The summed E-state index contributed by atoms with van der Waals surface area (Å²) < 4.78 is 0. The zero-order valence-electron chi connectivity index (χ0n) is 11.5. The molecule has 100 valence electrons. The van der Waals surface area contributed by atoms with Crippen molar-refractivity contribution in [1.82, 2.24) is 15.2 Å². The number of rotatable bonds is 3. The van der Waals surface area contributed by atoms with E-state index >= 15 is 0 Å². The van der Waals surface area contributed by atoms with Crippen molar-refractivity contribution in [3.63, 3.8) is 0 Å².